The third-order valence-electron chi connectivity index (χ3n) is 3.42. The first-order chi connectivity index (χ1) is 9.56. The molecule has 1 atom stereocenters. The molecular formula is C14H18ClN3O2. The molecule has 1 heterocycles. The summed E-state index contributed by atoms with van der Waals surface area (Å²) in [4.78, 5) is 25.2. The van der Waals surface area contributed by atoms with Crippen LogP contribution in [-0.2, 0) is 9.59 Å². The number of amides is 2. The summed E-state index contributed by atoms with van der Waals surface area (Å²) in [5.41, 5.74) is 6.06. The lowest BCUT2D eigenvalue weighted by Gasteiger charge is -2.32. The molecular weight excluding hydrogens is 278 g/mol. The number of halogens is 1. The molecule has 0 bridgehead atoms. The van der Waals surface area contributed by atoms with E-state index < -0.39 is 0 Å². The molecule has 2 rings (SSSR count). The maximum Gasteiger partial charge on any atom is 0.238 e. The smallest absolute Gasteiger partial charge is 0.238 e. The first-order valence-electron chi connectivity index (χ1n) is 6.65. The van der Waals surface area contributed by atoms with Crippen LogP contribution < -0.4 is 11.1 Å². The topological polar surface area (TPSA) is 75.4 Å². The molecule has 108 valence electrons. The number of carbonyl (C=O) groups excluding carboxylic acids is 2. The summed E-state index contributed by atoms with van der Waals surface area (Å²) >= 11 is 5.79. The van der Waals surface area contributed by atoms with E-state index in [9.17, 15) is 9.59 Å². The Labute approximate surface area is 123 Å². The van der Waals surface area contributed by atoms with Crippen molar-refractivity contribution in [2.75, 3.05) is 18.4 Å². The van der Waals surface area contributed by atoms with Gasteiger partial charge in [0, 0.05) is 10.7 Å². The predicted molar refractivity (Wildman–Crippen MR) is 78.5 cm³/mol. The maximum absolute atomic E-state index is 12.0. The highest BCUT2D eigenvalue weighted by atomic mass is 35.5. The third-order valence-corrected chi connectivity index (χ3v) is 3.67. The molecule has 1 unspecified atom stereocenters. The summed E-state index contributed by atoms with van der Waals surface area (Å²) in [6.07, 6.45) is 2.68. The Morgan fingerprint density at radius 3 is 2.65 bits per heavy atom. The van der Waals surface area contributed by atoms with Crippen LogP contribution in [0, 0.1) is 0 Å². The van der Waals surface area contributed by atoms with E-state index in [4.69, 9.17) is 17.3 Å². The molecule has 2 amide bonds. The summed E-state index contributed by atoms with van der Waals surface area (Å²) in [5.74, 6) is -0.510. The van der Waals surface area contributed by atoms with Gasteiger partial charge in [-0.1, -0.05) is 18.0 Å². The fraction of sp³-hybridized carbons (Fsp3) is 0.429. The minimum atomic E-state index is -0.357. The molecule has 20 heavy (non-hydrogen) atoms. The largest absolute Gasteiger partial charge is 0.368 e. The normalized spacial score (nSPS) is 19.6. The molecule has 1 aromatic rings. The first kappa shape index (κ1) is 14.8. The van der Waals surface area contributed by atoms with Gasteiger partial charge in [0.15, 0.2) is 0 Å². The zero-order valence-corrected chi connectivity index (χ0v) is 11.9. The molecule has 6 heteroatoms. The van der Waals surface area contributed by atoms with Gasteiger partial charge in [-0.3, -0.25) is 14.5 Å². The van der Waals surface area contributed by atoms with E-state index in [1.807, 2.05) is 4.90 Å². The van der Waals surface area contributed by atoms with Crippen LogP contribution in [0.25, 0.3) is 0 Å². The van der Waals surface area contributed by atoms with Gasteiger partial charge in [-0.15, -0.1) is 0 Å². The van der Waals surface area contributed by atoms with Crippen LogP contribution in [0.4, 0.5) is 5.69 Å². The fourth-order valence-electron chi connectivity index (χ4n) is 2.42. The van der Waals surface area contributed by atoms with Crippen molar-refractivity contribution in [1.82, 2.24) is 4.90 Å². The Hall–Kier alpha value is -1.59. The van der Waals surface area contributed by atoms with Crippen molar-refractivity contribution >= 4 is 29.1 Å². The van der Waals surface area contributed by atoms with Crippen molar-refractivity contribution in [3.8, 4) is 0 Å². The van der Waals surface area contributed by atoms with Crippen LogP contribution in [0.1, 0.15) is 19.3 Å². The molecule has 1 aliphatic rings. The van der Waals surface area contributed by atoms with Crippen molar-refractivity contribution in [2.45, 2.75) is 25.3 Å². The van der Waals surface area contributed by atoms with Gasteiger partial charge < -0.3 is 11.1 Å². The van der Waals surface area contributed by atoms with Crippen LogP contribution in [0.2, 0.25) is 5.02 Å². The molecule has 0 aromatic heterocycles. The summed E-state index contributed by atoms with van der Waals surface area (Å²) in [7, 11) is 0. The van der Waals surface area contributed by atoms with Crippen molar-refractivity contribution in [3.63, 3.8) is 0 Å². The Morgan fingerprint density at radius 1 is 1.30 bits per heavy atom. The minimum absolute atomic E-state index is 0.152. The number of nitrogens with two attached hydrogens (primary N) is 1. The van der Waals surface area contributed by atoms with E-state index in [0.29, 0.717) is 10.7 Å². The van der Waals surface area contributed by atoms with Gasteiger partial charge in [0.2, 0.25) is 11.8 Å². The highest BCUT2D eigenvalue weighted by Gasteiger charge is 2.28. The van der Waals surface area contributed by atoms with E-state index in [-0.39, 0.29) is 24.4 Å². The SMILES string of the molecule is NC(=O)C1CCCCN1CC(=O)Nc1ccc(Cl)cc1. The summed E-state index contributed by atoms with van der Waals surface area (Å²) in [6, 6.07) is 6.57. The molecule has 0 radical (unpaired) electrons. The Kier molecular flexibility index (Phi) is 4.98. The van der Waals surface area contributed by atoms with Gasteiger partial charge in [0.1, 0.15) is 0 Å². The van der Waals surface area contributed by atoms with Crippen LogP contribution in [0.15, 0.2) is 24.3 Å². The van der Waals surface area contributed by atoms with E-state index in [1.165, 1.54) is 0 Å². The average molecular weight is 296 g/mol. The standard InChI is InChI=1S/C14H18ClN3O2/c15-10-4-6-11(7-5-10)17-13(19)9-18-8-2-1-3-12(18)14(16)20/h4-7,12H,1-3,8-9H2,(H2,16,20)(H,17,19). The van der Waals surface area contributed by atoms with Crippen molar-refractivity contribution < 1.29 is 9.59 Å². The molecule has 5 nitrogen and oxygen atoms in total. The van der Waals surface area contributed by atoms with Gasteiger partial charge in [-0.2, -0.15) is 0 Å². The fourth-order valence-corrected chi connectivity index (χ4v) is 2.55. The lowest BCUT2D eigenvalue weighted by molar-refractivity contribution is -0.126. The molecule has 0 spiro atoms. The Balaban J connectivity index is 1.92. The van der Waals surface area contributed by atoms with Gasteiger partial charge >= 0.3 is 0 Å². The minimum Gasteiger partial charge on any atom is -0.368 e. The van der Waals surface area contributed by atoms with Gasteiger partial charge in [0.25, 0.3) is 0 Å². The van der Waals surface area contributed by atoms with Gasteiger partial charge in [-0.25, -0.2) is 0 Å². The molecule has 1 fully saturated rings. The maximum atomic E-state index is 12.0. The Bertz CT molecular complexity index is 490. The lowest BCUT2D eigenvalue weighted by atomic mass is 10.0. The van der Waals surface area contributed by atoms with Crippen molar-refractivity contribution in [2.24, 2.45) is 5.73 Å². The van der Waals surface area contributed by atoms with E-state index in [2.05, 4.69) is 5.32 Å². The number of likely N-dealkylation sites (tertiary alicyclic amines) is 1. The zero-order valence-electron chi connectivity index (χ0n) is 11.1. The zero-order chi connectivity index (χ0) is 14.5. The number of anilines is 1. The van der Waals surface area contributed by atoms with E-state index >= 15 is 0 Å². The van der Waals surface area contributed by atoms with Crippen LogP contribution in [-0.4, -0.2) is 35.8 Å². The summed E-state index contributed by atoms with van der Waals surface area (Å²) in [6.45, 7) is 0.901. The molecule has 1 aliphatic heterocycles. The third kappa shape index (κ3) is 3.95. The second-order valence-corrected chi connectivity index (χ2v) is 5.38. The summed E-state index contributed by atoms with van der Waals surface area (Å²) < 4.78 is 0. The monoisotopic (exact) mass is 295 g/mol. The summed E-state index contributed by atoms with van der Waals surface area (Å²) in [5, 5.41) is 3.40. The van der Waals surface area contributed by atoms with E-state index in [0.717, 1.165) is 25.8 Å². The molecule has 1 aromatic carbocycles. The molecule has 0 aliphatic carbocycles. The van der Waals surface area contributed by atoms with Crippen molar-refractivity contribution in [1.29, 1.82) is 0 Å². The van der Waals surface area contributed by atoms with E-state index in [1.54, 1.807) is 24.3 Å². The number of nitrogens with zero attached hydrogens (tertiary/aromatic N) is 1. The average Bonchev–Trinajstić information content (AvgIpc) is 2.41. The van der Waals surface area contributed by atoms with Gasteiger partial charge in [-0.05, 0) is 43.7 Å². The van der Waals surface area contributed by atoms with Gasteiger partial charge in [0.05, 0.1) is 12.6 Å². The quantitative estimate of drug-likeness (QED) is 0.886. The predicted octanol–water partition coefficient (Wildman–Crippen LogP) is 1.62. The number of benzene rings is 1. The molecule has 1 saturated heterocycles. The number of nitrogens with one attached hydrogen (secondary N) is 1. The second-order valence-electron chi connectivity index (χ2n) is 4.94. The highest BCUT2D eigenvalue weighted by Crippen LogP contribution is 2.17. The second kappa shape index (κ2) is 6.72. The lowest BCUT2D eigenvalue weighted by Crippen LogP contribution is -2.50. The molecule has 0 saturated carbocycles. The van der Waals surface area contributed by atoms with Crippen LogP contribution >= 0.6 is 11.6 Å². The molecule has 3 N–H and O–H groups in total. The van der Waals surface area contributed by atoms with Crippen LogP contribution in [0.5, 0.6) is 0 Å². The number of piperidine rings is 1. The number of rotatable bonds is 4. The number of hydrogen-bond acceptors (Lipinski definition) is 3. The van der Waals surface area contributed by atoms with Crippen LogP contribution in [0.3, 0.4) is 0 Å². The van der Waals surface area contributed by atoms with Crippen molar-refractivity contribution in [3.05, 3.63) is 29.3 Å². The number of hydrogen-bond donors (Lipinski definition) is 2. The first-order valence-corrected chi connectivity index (χ1v) is 7.03. The number of carbonyl (C=O) groups is 2. The number of primary amides is 1. The highest BCUT2D eigenvalue weighted by molar-refractivity contribution is 6.30. The Morgan fingerprint density at radius 2 is 2.00 bits per heavy atom.